The van der Waals surface area contributed by atoms with Crippen molar-refractivity contribution in [1.82, 2.24) is 0 Å². The molecule has 1 aliphatic carbocycles. The van der Waals surface area contributed by atoms with Gasteiger partial charge in [0.2, 0.25) is 0 Å². The Morgan fingerprint density at radius 2 is 2.12 bits per heavy atom. The Labute approximate surface area is 106 Å². The molecule has 1 nitrogen and oxygen atoms in total. The Hall–Kier alpha value is -1.12. The van der Waals surface area contributed by atoms with Gasteiger partial charge in [-0.3, -0.25) is 0 Å². The fourth-order valence-electron chi connectivity index (χ4n) is 2.71. The van der Waals surface area contributed by atoms with Gasteiger partial charge in [0.05, 0.1) is 5.60 Å². The fourth-order valence-corrected chi connectivity index (χ4v) is 3.42. The van der Waals surface area contributed by atoms with Gasteiger partial charge in [-0.15, -0.1) is 0 Å². The molecule has 0 saturated heterocycles. The maximum atomic E-state index is 10.7. The summed E-state index contributed by atoms with van der Waals surface area (Å²) in [6.07, 6.45) is 3.68. The lowest BCUT2D eigenvalue weighted by molar-refractivity contribution is 0.0298. The molecule has 1 aliphatic rings. The van der Waals surface area contributed by atoms with Crippen LogP contribution in [0.2, 0.25) is 0 Å². The molecule has 0 saturated carbocycles. The maximum Gasteiger partial charge on any atom is 0.0905 e. The van der Waals surface area contributed by atoms with Crippen molar-refractivity contribution in [3.05, 3.63) is 57.8 Å². The molecule has 1 aromatic heterocycles. The van der Waals surface area contributed by atoms with E-state index in [2.05, 4.69) is 35.0 Å². The van der Waals surface area contributed by atoms with E-state index in [9.17, 15) is 5.11 Å². The summed E-state index contributed by atoms with van der Waals surface area (Å²) in [6, 6.07) is 10.5. The van der Waals surface area contributed by atoms with Crippen molar-refractivity contribution in [2.45, 2.75) is 31.3 Å². The predicted octanol–water partition coefficient (Wildman–Crippen LogP) is 3.51. The lowest BCUT2D eigenvalue weighted by Gasteiger charge is -2.23. The minimum atomic E-state index is -0.599. The molecule has 0 aliphatic heterocycles. The molecule has 0 radical (unpaired) electrons. The summed E-state index contributed by atoms with van der Waals surface area (Å²) in [5, 5.41) is 15.0. The third kappa shape index (κ3) is 2.03. The SMILES string of the molecule is OC1(CCc2ccsc2)CCc2ccccc21. The highest BCUT2D eigenvalue weighted by Crippen LogP contribution is 2.39. The van der Waals surface area contributed by atoms with Crippen molar-refractivity contribution >= 4 is 11.3 Å². The third-order valence-corrected chi connectivity index (χ3v) is 4.47. The average Bonchev–Trinajstić information content (AvgIpc) is 2.97. The first-order chi connectivity index (χ1) is 8.28. The topological polar surface area (TPSA) is 20.2 Å². The number of aliphatic hydroxyl groups is 1. The van der Waals surface area contributed by atoms with E-state index in [1.54, 1.807) is 11.3 Å². The zero-order valence-corrected chi connectivity index (χ0v) is 10.5. The zero-order chi connectivity index (χ0) is 11.7. The van der Waals surface area contributed by atoms with Crippen LogP contribution in [0.15, 0.2) is 41.1 Å². The second-order valence-electron chi connectivity index (χ2n) is 4.82. The summed E-state index contributed by atoms with van der Waals surface area (Å²) in [5.41, 5.74) is 3.21. The van der Waals surface area contributed by atoms with E-state index < -0.39 is 5.60 Å². The van der Waals surface area contributed by atoms with Gasteiger partial charge >= 0.3 is 0 Å². The van der Waals surface area contributed by atoms with Crippen LogP contribution in [0.4, 0.5) is 0 Å². The number of aryl methyl sites for hydroxylation is 2. The lowest BCUT2D eigenvalue weighted by Crippen LogP contribution is -2.22. The van der Waals surface area contributed by atoms with Crippen molar-refractivity contribution in [3.8, 4) is 0 Å². The van der Waals surface area contributed by atoms with Crippen LogP contribution in [0, 0.1) is 0 Å². The lowest BCUT2D eigenvalue weighted by atomic mass is 9.90. The van der Waals surface area contributed by atoms with E-state index in [1.165, 1.54) is 11.1 Å². The molecule has 0 spiro atoms. The molecule has 0 amide bonds. The van der Waals surface area contributed by atoms with Crippen molar-refractivity contribution in [1.29, 1.82) is 0 Å². The second kappa shape index (κ2) is 4.28. The second-order valence-corrected chi connectivity index (χ2v) is 5.60. The van der Waals surface area contributed by atoms with Crippen molar-refractivity contribution in [3.63, 3.8) is 0 Å². The largest absolute Gasteiger partial charge is 0.385 e. The minimum Gasteiger partial charge on any atom is -0.385 e. The predicted molar refractivity (Wildman–Crippen MR) is 71.3 cm³/mol. The molecule has 88 valence electrons. The molecule has 3 rings (SSSR count). The summed E-state index contributed by atoms with van der Waals surface area (Å²) in [6.45, 7) is 0. The molecule has 1 N–H and O–H groups in total. The number of hydrogen-bond donors (Lipinski definition) is 1. The average molecular weight is 244 g/mol. The maximum absolute atomic E-state index is 10.7. The molecular weight excluding hydrogens is 228 g/mol. The fraction of sp³-hybridized carbons (Fsp3) is 0.333. The summed E-state index contributed by atoms with van der Waals surface area (Å²) in [4.78, 5) is 0. The number of fused-ring (bicyclic) bond motifs is 1. The highest BCUT2D eigenvalue weighted by atomic mass is 32.1. The van der Waals surface area contributed by atoms with E-state index >= 15 is 0 Å². The zero-order valence-electron chi connectivity index (χ0n) is 9.73. The van der Waals surface area contributed by atoms with Gasteiger partial charge in [-0.1, -0.05) is 24.3 Å². The Balaban J connectivity index is 1.79. The van der Waals surface area contributed by atoms with Crippen LogP contribution < -0.4 is 0 Å². The number of thiophene rings is 1. The van der Waals surface area contributed by atoms with Crippen LogP contribution in [0.5, 0.6) is 0 Å². The first-order valence-electron chi connectivity index (χ1n) is 6.10. The van der Waals surface area contributed by atoms with E-state index in [0.717, 1.165) is 31.2 Å². The third-order valence-electron chi connectivity index (χ3n) is 3.73. The Morgan fingerprint density at radius 1 is 1.24 bits per heavy atom. The highest BCUT2D eigenvalue weighted by Gasteiger charge is 2.35. The quantitative estimate of drug-likeness (QED) is 0.876. The molecule has 0 bridgehead atoms. The molecule has 0 fully saturated rings. The van der Waals surface area contributed by atoms with Crippen LogP contribution in [0.1, 0.15) is 29.5 Å². The summed E-state index contributed by atoms with van der Waals surface area (Å²) in [5.74, 6) is 0. The normalized spacial score (nSPS) is 22.6. The molecule has 1 atom stereocenters. The Kier molecular flexibility index (Phi) is 2.77. The van der Waals surface area contributed by atoms with Gasteiger partial charge in [-0.25, -0.2) is 0 Å². The van der Waals surface area contributed by atoms with E-state index in [4.69, 9.17) is 0 Å². The van der Waals surface area contributed by atoms with Crippen LogP contribution in [0.25, 0.3) is 0 Å². The first-order valence-corrected chi connectivity index (χ1v) is 7.04. The van der Waals surface area contributed by atoms with Gasteiger partial charge < -0.3 is 5.11 Å². The summed E-state index contributed by atoms with van der Waals surface area (Å²) >= 11 is 1.72. The smallest absolute Gasteiger partial charge is 0.0905 e. The Bertz CT molecular complexity index is 503. The van der Waals surface area contributed by atoms with Crippen LogP contribution >= 0.6 is 11.3 Å². The van der Waals surface area contributed by atoms with Crippen LogP contribution in [-0.4, -0.2) is 5.11 Å². The van der Waals surface area contributed by atoms with Crippen molar-refractivity contribution in [2.24, 2.45) is 0 Å². The van der Waals surface area contributed by atoms with Crippen LogP contribution in [0.3, 0.4) is 0 Å². The van der Waals surface area contributed by atoms with Gasteiger partial charge in [-0.05, 0) is 59.2 Å². The van der Waals surface area contributed by atoms with E-state index in [1.807, 2.05) is 6.07 Å². The molecule has 17 heavy (non-hydrogen) atoms. The van der Waals surface area contributed by atoms with Gasteiger partial charge in [0, 0.05) is 0 Å². The van der Waals surface area contributed by atoms with Gasteiger partial charge in [0.25, 0.3) is 0 Å². The number of benzene rings is 1. The van der Waals surface area contributed by atoms with Crippen LogP contribution in [-0.2, 0) is 18.4 Å². The molecule has 2 heteroatoms. The highest BCUT2D eigenvalue weighted by molar-refractivity contribution is 7.07. The van der Waals surface area contributed by atoms with Crippen molar-refractivity contribution < 1.29 is 5.11 Å². The molecule has 1 heterocycles. The van der Waals surface area contributed by atoms with Gasteiger partial charge in [0.1, 0.15) is 0 Å². The summed E-state index contributed by atoms with van der Waals surface area (Å²) < 4.78 is 0. The van der Waals surface area contributed by atoms with E-state index in [-0.39, 0.29) is 0 Å². The number of rotatable bonds is 3. The molecule has 1 unspecified atom stereocenters. The Morgan fingerprint density at radius 3 is 2.94 bits per heavy atom. The molecule has 2 aromatic rings. The monoisotopic (exact) mass is 244 g/mol. The van der Waals surface area contributed by atoms with E-state index in [0.29, 0.717) is 0 Å². The van der Waals surface area contributed by atoms with Gasteiger partial charge in [0.15, 0.2) is 0 Å². The molecule has 1 aromatic carbocycles. The van der Waals surface area contributed by atoms with Crippen molar-refractivity contribution in [2.75, 3.05) is 0 Å². The standard InChI is InChI=1S/C15H16OS/c16-15(8-5-12-7-10-17-11-12)9-6-13-3-1-2-4-14(13)15/h1-4,7,10-11,16H,5-6,8-9H2. The number of hydrogen-bond acceptors (Lipinski definition) is 2. The molecular formula is C15H16OS. The minimum absolute atomic E-state index is 0.599. The summed E-state index contributed by atoms with van der Waals surface area (Å²) in [7, 11) is 0. The first kappa shape index (κ1) is 11.0. The van der Waals surface area contributed by atoms with Gasteiger partial charge in [-0.2, -0.15) is 11.3 Å².